The maximum Gasteiger partial charge on any atom is 0.416 e. The molecule has 12 heteroatoms. The standard InChI is InChI=1S/C23H23F7N4O/c1-4-13(3)19(14-9-15(22(25,26)27)11-16(10-14)23(28,29)30)33-34(5-2)12-18(21(31)35)17-7-6-8-32-20(17)24/h5-13,19,33H,2,4H2,1,3H3,(H2,31,35)/b18-12+. The van der Waals surface area contributed by atoms with Gasteiger partial charge in [0.05, 0.1) is 22.7 Å². The molecule has 0 saturated heterocycles. The molecule has 2 atom stereocenters. The lowest BCUT2D eigenvalue weighted by Gasteiger charge is -2.31. The Morgan fingerprint density at radius 1 is 1.17 bits per heavy atom. The van der Waals surface area contributed by atoms with Gasteiger partial charge in [-0.2, -0.15) is 30.7 Å². The van der Waals surface area contributed by atoms with Crippen molar-refractivity contribution in [3.8, 4) is 0 Å². The van der Waals surface area contributed by atoms with Crippen LogP contribution >= 0.6 is 0 Å². The Bertz CT molecular complexity index is 1060. The molecule has 0 saturated carbocycles. The van der Waals surface area contributed by atoms with Crippen LogP contribution in [-0.4, -0.2) is 15.9 Å². The zero-order chi connectivity index (χ0) is 26.6. The van der Waals surface area contributed by atoms with Crippen molar-refractivity contribution in [2.45, 2.75) is 38.7 Å². The number of hydrogen-bond donors (Lipinski definition) is 2. The number of aromatic nitrogens is 1. The highest BCUT2D eigenvalue weighted by Crippen LogP contribution is 2.39. The number of carbonyl (C=O) groups excluding carboxylic acids is 1. The number of hydrazine groups is 1. The van der Waals surface area contributed by atoms with Gasteiger partial charge in [-0.1, -0.05) is 26.8 Å². The highest BCUT2D eigenvalue weighted by molar-refractivity contribution is 6.18. The molecule has 0 aliphatic rings. The fourth-order valence-corrected chi connectivity index (χ4v) is 3.22. The number of benzene rings is 1. The van der Waals surface area contributed by atoms with E-state index in [-0.39, 0.29) is 22.8 Å². The van der Waals surface area contributed by atoms with Crippen LogP contribution in [0.25, 0.3) is 5.57 Å². The van der Waals surface area contributed by atoms with E-state index in [0.717, 1.165) is 23.6 Å². The predicted octanol–water partition coefficient (Wildman–Crippen LogP) is 5.82. The lowest BCUT2D eigenvalue weighted by atomic mass is 9.90. The minimum atomic E-state index is -5.02. The molecule has 1 amide bonds. The molecule has 2 rings (SSSR count). The molecule has 0 bridgehead atoms. The number of pyridine rings is 1. The monoisotopic (exact) mass is 504 g/mol. The van der Waals surface area contributed by atoms with Crippen molar-refractivity contribution >= 4 is 11.5 Å². The quantitative estimate of drug-likeness (QED) is 0.195. The molecule has 0 radical (unpaired) electrons. The van der Waals surface area contributed by atoms with E-state index in [1.807, 2.05) is 0 Å². The summed E-state index contributed by atoms with van der Waals surface area (Å²) in [5.74, 6) is -2.54. The second kappa shape index (κ2) is 10.9. The molecule has 5 nitrogen and oxygen atoms in total. The number of rotatable bonds is 9. The van der Waals surface area contributed by atoms with E-state index in [9.17, 15) is 35.5 Å². The molecule has 0 spiro atoms. The summed E-state index contributed by atoms with van der Waals surface area (Å²) in [5.41, 5.74) is 4.28. The molecule has 0 aliphatic heterocycles. The maximum absolute atomic E-state index is 14.1. The average molecular weight is 504 g/mol. The number of primary amides is 1. The summed E-state index contributed by atoms with van der Waals surface area (Å²) >= 11 is 0. The van der Waals surface area contributed by atoms with Gasteiger partial charge in [-0.25, -0.2) is 10.4 Å². The van der Waals surface area contributed by atoms with Gasteiger partial charge in [0.15, 0.2) is 0 Å². The van der Waals surface area contributed by atoms with E-state index in [4.69, 9.17) is 5.73 Å². The summed E-state index contributed by atoms with van der Waals surface area (Å²) in [5, 5.41) is 1.02. The molecule has 0 fully saturated rings. The van der Waals surface area contributed by atoms with Gasteiger partial charge in [-0.05, 0) is 41.8 Å². The van der Waals surface area contributed by atoms with Crippen LogP contribution in [0.1, 0.15) is 48.6 Å². The summed E-state index contributed by atoms with van der Waals surface area (Å²) < 4.78 is 94.4. The zero-order valence-corrected chi connectivity index (χ0v) is 18.7. The van der Waals surface area contributed by atoms with Crippen molar-refractivity contribution < 1.29 is 35.5 Å². The van der Waals surface area contributed by atoms with Crippen LogP contribution in [0.5, 0.6) is 0 Å². The fourth-order valence-electron chi connectivity index (χ4n) is 3.22. The van der Waals surface area contributed by atoms with Gasteiger partial charge in [0.2, 0.25) is 5.95 Å². The first kappa shape index (κ1) is 27.8. The van der Waals surface area contributed by atoms with Crippen LogP contribution in [0.15, 0.2) is 55.5 Å². The van der Waals surface area contributed by atoms with Crippen molar-refractivity contribution in [1.29, 1.82) is 0 Å². The summed E-state index contributed by atoms with van der Waals surface area (Å²) in [4.78, 5) is 15.4. The van der Waals surface area contributed by atoms with Crippen LogP contribution in [0.3, 0.4) is 0 Å². The Morgan fingerprint density at radius 2 is 1.74 bits per heavy atom. The van der Waals surface area contributed by atoms with Gasteiger partial charge in [0, 0.05) is 24.2 Å². The molecule has 1 aromatic heterocycles. The van der Waals surface area contributed by atoms with E-state index in [1.165, 1.54) is 12.1 Å². The number of hydrogen-bond acceptors (Lipinski definition) is 4. The van der Waals surface area contributed by atoms with Crippen molar-refractivity contribution in [2.24, 2.45) is 11.7 Å². The van der Waals surface area contributed by atoms with Crippen LogP contribution < -0.4 is 11.2 Å². The topological polar surface area (TPSA) is 71.2 Å². The number of carbonyl (C=O) groups is 1. The third kappa shape index (κ3) is 7.04. The van der Waals surface area contributed by atoms with Crippen molar-refractivity contribution in [3.05, 3.63) is 83.7 Å². The lowest BCUT2D eigenvalue weighted by Crippen LogP contribution is -2.37. The van der Waals surface area contributed by atoms with E-state index >= 15 is 0 Å². The number of nitrogens with two attached hydrogens (primary N) is 1. The molecule has 0 aliphatic carbocycles. The maximum atomic E-state index is 14.1. The van der Waals surface area contributed by atoms with E-state index in [1.54, 1.807) is 13.8 Å². The Hall–Kier alpha value is -3.41. The average Bonchev–Trinajstić information content (AvgIpc) is 2.78. The molecule has 190 valence electrons. The Kier molecular flexibility index (Phi) is 8.66. The van der Waals surface area contributed by atoms with Gasteiger partial charge in [-0.15, -0.1) is 0 Å². The highest BCUT2D eigenvalue weighted by atomic mass is 19.4. The fraction of sp³-hybridized carbons (Fsp3) is 0.304. The molecule has 1 heterocycles. The third-order valence-electron chi connectivity index (χ3n) is 5.25. The van der Waals surface area contributed by atoms with Crippen LogP contribution in [0.2, 0.25) is 0 Å². The molecule has 35 heavy (non-hydrogen) atoms. The Morgan fingerprint density at radius 3 is 2.17 bits per heavy atom. The zero-order valence-electron chi connectivity index (χ0n) is 18.7. The number of nitrogens with zero attached hydrogens (tertiary/aromatic N) is 2. The Balaban J connectivity index is 2.61. The van der Waals surface area contributed by atoms with Crippen molar-refractivity contribution in [3.63, 3.8) is 0 Å². The first-order valence-corrected chi connectivity index (χ1v) is 10.3. The van der Waals surface area contributed by atoms with Gasteiger partial charge in [0.1, 0.15) is 0 Å². The smallest absolute Gasteiger partial charge is 0.366 e. The van der Waals surface area contributed by atoms with Crippen molar-refractivity contribution in [1.82, 2.24) is 15.4 Å². The van der Waals surface area contributed by atoms with Crippen molar-refractivity contribution in [2.75, 3.05) is 0 Å². The molecule has 2 unspecified atom stereocenters. The normalized spacial score (nSPS) is 14.4. The van der Waals surface area contributed by atoms with Gasteiger partial charge in [0.25, 0.3) is 5.91 Å². The molecule has 2 aromatic rings. The molecular formula is C23H23F7N4O. The SMILES string of the molecule is C=CN(/C=C(/C(N)=O)c1cccnc1F)NC(c1cc(C(F)(F)F)cc(C(F)(F)F)c1)C(C)CC. The lowest BCUT2D eigenvalue weighted by molar-refractivity contribution is -0.143. The van der Waals surface area contributed by atoms with Crippen LogP contribution in [0, 0.1) is 11.9 Å². The van der Waals surface area contributed by atoms with E-state index < -0.39 is 47.3 Å². The third-order valence-corrected chi connectivity index (χ3v) is 5.25. The van der Waals surface area contributed by atoms with E-state index in [2.05, 4.69) is 17.0 Å². The number of nitrogens with one attached hydrogen (secondary N) is 1. The molecule has 3 N–H and O–H groups in total. The largest absolute Gasteiger partial charge is 0.416 e. The second-order valence-electron chi connectivity index (χ2n) is 7.67. The van der Waals surface area contributed by atoms with Crippen LogP contribution in [0.4, 0.5) is 30.7 Å². The summed E-state index contributed by atoms with van der Waals surface area (Å²) in [6, 6.07) is 2.78. The molecule has 1 aromatic carbocycles. The first-order valence-electron chi connectivity index (χ1n) is 10.3. The van der Waals surface area contributed by atoms with Gasteiger partial charge in [-0.3, -0.25) is 9.80 Å². The predicted molar refractivity (Wildman–Crippen MR) is 115 cm³/mol. The first-order chi connectivity index (χ1) is 16.2. The minimum Gasteiger partial charge on any atom is -0.366 e. The van der Waals surface area contributed by atoms with Crippen LogP contribution in [-0.2, 0) is 17.1 Å². The van der Waals surface area contributed by atoms with E-state index in [0.29, 0.717) is 18.6 Å². The number of amides is 1. The van der Waals surface area contributed by atoms with Gasteiger partial charge < -0.3 is 5.73 Å². The Labute approximate surface area is 197 Å². The summed E-state index contributed by atoms with van der Waals surface area (Å²) in [7, 11) is 0. The summed E-state index contributed by atoms with van der Waals surface area (Å²) in [6.07, 6.45) is -6.40. The molecular weight excluding hydrogens is 481 g/mol. The number of alkyl halides is 6. The van der Waals surface area contributed by atoms with Gasteiger partial charge >= 0.3 is 12.4 Å². The minimum absolute atomic E-state index is 0.0404. The number of halogens is 7. The highest BCUT2D eigenvalue weighted by Gasteiger charge is 2.38. The summed E-state index contributed by atoms with van der Waals surface area (Å²) in [6.45, 7) is 6.85. The second-order valence-corrected chi connectivity index (χ2v) is 7.67.